The summed E-state index contributed by atoms with van der Waals surface area (Å²) in [7, 11) is 0. The molecule has 126 valence electrons. The van der Waals surface area contributed by atoms with Crippen LogP contribution < -0.4 is 15.4 Å². The van der Waals surface area contributed by atoms with Gasteiger partial charge in [0.05, 0.1) is 12.2 Å². The molecule has 1 aliphatic heterocycles. The number of para-hydroxylation sites is 2. The fourth-order valence-electron chi connectivity index (χ4n) is 3.35. The average molecular weight is 332 g/mol. The highest BCUT2D eigenvalue weighted by molar-refractivity contribution is 6.00. The van der Waals surface area contributed by atoms with E-state index in [-0.39, 0.29) is 12.5 Å². The lowest BCUT2D eigenvalue weighted by Gasteiger charge is -2.25. The summed E-state index contributed by atoms with van der Waals surface area (Å²) < 4.78 is 5.73. The SMILES string of the molecule is Cc1ccc2ccccc2c1CN1C(=O)C(N)COc2ccccc21. The number of ether oxygens (including phenoxy) is 1. The van der Waals surface area contributed by atoms with Gasteiger partial charge in [0.2, 0.25) is 5.91 Å². The molecule has 0 aliphatic carbocycles. The summed E-state index contributed by atoms with van der Waals surface area (Å²) in [6.45, 7) is 2.74. The van der Waals surface area contributed by atoms with Gasteiger partial charge in [-0.1, -0.05) is 48.5 Å². The minimum atomic E-state index is -0.664. The number of nitrogens with two attached hydrogens (primary N) is 1. The third-order valence-corrected chi connectivity index (χ3v) is 4.75. The highest BCUT2D eigenvalue weighted by Crippen LogP contribution is 2.33. The number of hydrogen-bond acceptors (Lipinski definition) is 3. The first-order valence-corrected chi connectivity index (χ1v) is 8.41. The van der Waals surface area contributed by atoms with Crippen LogP contribution in [0.3, 0.4) is 0 Å². The number of carbonyl (C=O) groups is 1. The first kappa shape index (κ1) is 15.7. The number of amides is 1. The first-order chi connectivity index (χ1) is 12.1. The van der Waals surface area contributed by atoms with Crippen LogP contribution in [0.2, 0.25) is 0 Å². The molecule has 1 amide bonds. The number of rotatable bonds is 2. The topological polar surface area (TPSA) is 55.6 Å². The lowest BCUT2D eigenvalue weighted by atomic mass is 9.99. The predicted molar refractivity (Wildman–Crippen MR) is 99.8 cm³/mol. The Balaban J connectivity index is 1.84. The zero-order valence-electron chi connectivity index (χ0n) is 14.1. The van der Waals surface area contributed by atoms with Crippen LogP contribution in [0.15, 0.2) is 60.7 Å². The number of anilines is 1. The van der Waals surface area contributed by atoms with Crippen molar-refractivity contribution in [3.63, 3.8) is 0 Å². The Morgan fingerprint density at radius 2 is 1.84 bits per heavy atom. The Bertz CT molecular complexity index is 952. The van der Waals surface area contributed by atoms with E-state index in [0.29, 0.717) is 12.3 Å². The van der Waals surface area contributed by atoms with E-state index in [0.717, 1.165) is 22.2 Å². The van der Waals surface area contributed by atoms with Crippen LogP contribution in [0.4, 0.5) is 5.69 Å². The minimum Gasteiger partial charge on any atom is -0.489 e. The zero-order valence-corrected chi connectivity index (χ0v) is 14.1. The molecule has 0 saturated carbocycles. The van der Waals surface area contributed by atoms with Gasteiger partial charge in [0.15, 0.2) is 0 Å². The maximum Gasteiger partial charge on any atom is 0.247 e. The van der Waals surface area contributed by atoms with E-state index in [1.807, 2.05) is 36.4 Å². The van der Waals surface area contributed by atoms with E-state index in [4.69, 9.17) is 10.5 Å². The van der Waals surface area contributed by atoms with Crippen molar-refractivity contribution in [3.8, 4) is 5.75 Å². The number of aryl methyl sites for hydroxylation is 1. The molecule has 4 heteroatoms. The second-order valence-corrected chi connectivity index (χ2v) is 6.39. The molecule has 4 nitrogen and oxygen atoms in total. The Morgan fingerprint density at radius 3 is 2.72 bits per heavy atom. The molecule has 0 spiro atoms. The van der Waals surface area contributed by atoms with Crippen LogP contribution in [0.25, 0.3) is 10.8 Å². The molecule has 0 saturated heterocycles. The molecular formula is C21H20N2O2. The van der Waals surface area contributed by atoms with E-state index >= 15 is 0 Å². The lowest BCUT2D eigenvalue weighted by molar-refractivity contribution is -0.120. The van der Waals surface area contributed by atoms with Gasteiger partial charge in [-0.05, 0) is 41.0 Å². The molecule has 0 radical (unpaired) electrons. The van der Waals surface area contributed by atoms with Crippen molar-refractivity contribution in [2.45, 2.75) is 19.5 Å². The summed E-state index contributed by atoms with van der Waals surface area (Å²) in [5.41, 5.74) is 9.10. The van der Waals surface area contributed by atoms with Crippen LogP contribution in [-0.2, 0) is 11.3 Å². The quantitative estimate of drug-likeness (QED) is 0.782. The van der Waals surface area contributed by atoms with Crippen molar-refractivity contribution in [2.24, 2.45) is 5.73 Å². The van der Waals surface area contributed by atoms with Gasteiger partial charge >= 0.3 is 0 Å². The van der Waals surface area contributed by atoms with Gasteiger partial charge < -0.3 is 15.4 Å². The van der Waals surface area contributed by atoms with E-state index in [9.17, 15) is 4.79 Å². The van der Waals surface area contributed by atoms with E-state index in [1.165, 1.54) is 5.39 Å². The second-order valence-electron chi connectivity index (χ2n) is 6.39. The van der Waals surface area contributed by atoms with E-state index < -0.39 is 6.04 Å². The van der Waals surface area contributed by atoms with Gasteiger partial charge in [-0.25, -0.2) is 0 Å². The standard InChI is InChI=1S/C21H20N2O2/c1-14-10-11-15-6-2-3-7-16(15)17(14)12-23-19-8-4-5-9-20(19)25-13-18(22)21(23)24/h2-11,18H,12-13,22H2,1H3. The van der Waals surface area contributed by atoms with Crippen molar-refractivity contribution in [1.82, 2.24) is 0 Å². The molecule has 2 N–H and O–H groups in total. The number of benzene rings is 3. The summed E-state index contributed by atoms with van der Waals surface area (Å²) in [6.07, 6.45) is 0. The molecule has 1 atom stereocenters. The average Bonchev–Trinajstić information content (AvgIpc) is 2.76. The largest absolute Gasteiger partial charge is 0.489 e. The summed E-state index contributed by atoms with van der Waals surface area (Å²) in [5, 5.41) is 2.32. The monoisotopic (exact) mass is 332 g/mol. The van der Waals surface area contributed by atoms with E-state index in [2.05, 4.69) is 31.2 Å². The van der Waals surface area contributed by atoms with Crippen molar-refractivity contribution in [3.05, 3.63) is 71.8 Å². The van der Waals surface area contributed by atoms with Gasteiger partial charge in [-0.15, -0.1) is 0 Å². The molecule has 0 fully saturated rings. The van der Waals surface area contributed by atoms with Crippen molar-refractivity contribution < 1.29 is 9.53 Å². The Labute approximate surface area is 146 Å². The van der Waals surface area contributed by atoms with Crippen LogP contribution in [0, 0.1) is 6.92 Å². The molecular weight excluding hydrogens is 312 g/mol. The summed E-state index contributed by atoms with van der Waals surface area (Å²) >= 11 is 0. The maximum atomic E-state index is 12.9. The molecule has 3 aromatic rings. The Morgan fingerprint density at radius 1 is 1.08 bits per heavy atom. The fraction of sp³-hybridized carbons (Fsp3) is 0.190. The number of hydrogen-bond donors (Lipinski definition) is 1. The van der Waals surface area contributed by atoms with Gasteiger partial charge in [-0.3, -0.25) is 4.79 Å². The third-order valence-electron chi connectivity index (χ3n) is 4.75. The highest BCUT2D eigenvalue weighted by Gasteiger charge is 2.29. The first-order valence-electron chi connectivity index (χ1n) is 8.41. The molecule has 1 heterocycles. The number of fused-ring (bicyclic) bond motifs is 2. The van der Waals surface area contributed by atoms with E-state index in [1.54, 1.807) is 4.90 Å². The molecule has 25 heavy (non-hydrogen) atoms. The van der Waals surface area contributed by atoms with Crippen LogP contribution >= 0.6 is 0 Å². The highest BCUT2D eigenvalue weighted by atomic mass is 16.5. The van der Waals surface area contributed by atoms with Crippen molar-refractivity contribution in [2.75, 3.05) is 11.5 Å². The second kappa shape index (κ2) is 6.22. The summed E-state index contributed by atoms with van der Waals surface area (Å²) in [4.78, 5) is 14.6. The van der Waals surface area contributed by atoms with Gasteiger partial charge in [0, 0.05) is 0 Å². The number of carbonyl (C=O) groups excluding carboxylic acids is 1. The van der Waals surface area contributed by atoms with Crippen LogP contribution in [0.5, 0.6) is 5.75 Å². The summed E-state index contributed by atoms with van der Waals surface area (Å²) in [5.74, 6) is 0.582. The summed E-state index contributed by atoms with van der Waals surface area (Å²) in [6, 6.07) is 19.4. The molecule has 1 aliphatic rings. The predicted octanol–water partition coefficient (Wildman–Crippen LogP) is 3.40. The molecule has 1 unspecified atom stereocenters. The molecule has 0 aromatic heterocycles. The smallest absolute Gasteiger partial charge is 0.247 e. The third kappa shape index (κ3) is 2.75. The lowest BCUT2D eigenvalue weighted by Crippen LogP contribution is -2.45. The fourth-order valence-corrected chi connectivity index (χ4v) is 3.35. The maximum absolute atomic E-state index is 12.9. The number of nitrogens with zero attached hydrogens (tertiary/aromatic N) is 1. The van der Waals surface area contributed by atoms with Gasteiger partial charge in [0.1, 0.15) is 18.4 Å². The molecule has 0 bridgehead atoms. The Kier molecular flexibility index (Phi) is 3.90. The normalized spacial score (nSPS) is 17.1. The van der Waals surface area contributed by atoms with Crippen LogP contribution in [0.1, 0.15) is 11.1 Å². The molecule has 3 aromatic carbocycles. The van der Waals surface area contributed by atoms with Crippen molar-refractivity contribution in [1.29, 1.82) is 0 Å². The minimum absolute atomic E-state index is 0.114. The molecule has 4 rings (SSSR count). The van der Waals surface area contributed by atoms with Gasteiger partial charge in [-0.2, -0.15) is 0 Å². The Hall–Kier alpha value is -2.85. The van der Waals surface area contributed by atoms with Crippen molar-refractivity contribution >= 4 is 22.4 Å². The zero-order chi connectivity index (χ0) is 17.4. The van der Waals surface area contributed by atoms with Crippen LogP contribution in [-0.4, -0.2) is 18.6 Å². The van der Waals surface area contributed by atoms with Gasteiger partial charge in [0.25, 0.3) is 0 Å².